The zero-order chi connectivity index (χ0) is 13.8. The molecule has 1 fully saturated rings. The Balaban J connectivity index is 1.62. The number of carbonyl (C=O) groups excluding carboxylic acids is 1. The highest BCUT2D eigenvalue weighted by atomic mass is 16.1. The third-order valence-corrected chi connectivity index (χ3v) is 3.26. The van der Waals surface area contributed by atoms with E-state index in [1.807, 2.05) is 24.3 Å². The molecule has 1 aromatic carbocycles. The maximum atomic E-state index is 11.9. The van der Waals surface area contributed by atoms with Gasteiger partial charge in [-0.2, -0.15) is 0 Å². The van der Waals surface area contributed by atoms with Crippen molar-refractivity contribution in [3.05, 3.63) is 36.7 Å². The van der Waals surface area contributed by atoms with Crippen molar-refractivity contribution < 1.29 is 4.79 Å². The minimum atomic E-state index is -0.0433. The van der Waals surface area contributed by atoms with Gasteiger partial charge >= 0.3 is 0 Å². The minimum Gasteiger partial charge on any atom is -0.323 e. The van der Waals surface area contributed by atoms with Crippen LogP contribution in [-0.2, 0) is 4.79 Å². The summed E-state index contributed by atoms with van der Waals surface area (Å²) in [4.78, 5) is 11.9. The molecule has 20 heavy (non-hydrogen) atoms. The van der Waals surface area contributed by atoms with Gasteiger partial charge in [-0.05, 0) is 37.4 Å². The number of anilines is 1. The minimum absolute atomic E-state index is 0.0433. The molecule has 0 aliphatic heterocycles. The summed E-state index contributed by atoms with van der Waals surface area (Å²) >= 11 is 0. The van der Waals surface area contributed by atoms with Gasteiger partial charge in [-0.25, -0.2) is 4.68 Å². The summed E-state index contributed by atoms with van der Waals surface area (Å²) in [5.41, 5.74) is 1.54. The molecule has 1 amide bonds. The normalized spacial score (nSPS) is 14.2. The fraction of sp³-hybridized carbons (Fsp3) is 0.357. The fourth-order valence-corrected chi connectivity index (χ4v) is 2.02. The fourth-order valence-electron chi connectivity index (χ4n) is 2.02. The predicted molar refractivity (Wildman–Crippen MR) is 75.6 cm³/mol. The summed E-state index contributed by atoms with van der Waals surface area (Å²) in [6.45, 7) is 1.26. The number of amides is 1. The van der Waals surface area contributed by atoms with Crippen LogP contribution in [0.1, 0.15) is 12.8 Å². The second kappa shape index (κ2) is 5.83. The Labute approximate surface area is 117 Å². The van der Waals surface area contributed by atoms with Gasteiger partial charge in [0.05, 0.1) is 30.3 Å². The van der Waals surface area contributed by atoms with Crippen molar-refractivity contribution in [1.82, 2.24) is 20.3 Å². The average molecular weight is 271 g/mol. The lowest BCUT2D eigenvalue weighted by Gasteiger charge is -2.10. The van der Waals surface area contributed by atoms with E-state index < -0.39 is 0 Å². The van der Waals surface area contributed by atoms with Crippen LogP contribution in [-0.4, -0.2) is 34.0 Å². The number of rotatable bonds is 6. The van der Waals surface area contributed by atoms with Gasteiger partial charge in [-0.15, -0.1) is 5.10 Å². The second-order valence-corrected chi connectivity index (χ2v) is 4.99. The van der Waals surface area contributed by atoms with Crippen LogP contribution in [0.5, 0.6) is 0 Å². The molecule has 0 spiro atoms. The van der Waals surface area contributed by atoms with E-state index in [2.05, 4.69) is 20.9 Å². The molecule has 1 saturated carbocycles. The van der Waals surface area contributed by atoms with Crippen molar-refractivity contribution in [3.63, 3.8) is 0 Å². The van der Waals surface area contributed by atoms with Gasteiger partial charge in [0.25, 0.3) is 0 Å². The number of nitrogens with zero attached hydrogens (tertiary/aromatic N) is 3. The number of hydrogen-bond acceptors (Lipinski definition) is 4. The van der Waals surface area contributed by atoms with Crippen LogP contribution in [0.2, 0.25) is 0 Å². The van der Waals surface area contributed by atoms with Gasteiger partial charge in [0.2, 0.25) is 5.91 Å². The molecule has 104 valence electrons. The van der Waals surface area contributed by atoms with Gasteiger partial charge in [0.15, 0.2) is 0 Å². The lowest BCUT2D eigenvalue weighted by Crippen LogP contribution is -2.29. The molecule has 1 aliphatic rings. The van der Waals surface area contributed by atoms with Gasteiger partial charge in [-0.1, -0.05) is 17.3 Å². The van der Waals surface area contributed by atoms with Gasteiger partial charge < -0.3 is 10.6 Å². The van der Waals surface area contributed by atoms with Crippen LogP contribution in [0.25, 0.3) is 5.69 Å². The van der Waals surface area contributed by atoms with E-state index in [9.17, 15) is 4.79 Å². The highest BCUT2D eigenvalue weighted by molar-refractivity contribution is 5.94. The molecule has 1 heterocycles. The lowest BCUT2D eigenvalue weighted by molar-refractivity contribution is -0.115. The first-order valence-corrected chi connectivity index (χ1v) is 6.79. The molecule has 0 bridgehead atoms. The second-order valence-electron chi connectivity index (χ2n) is 4.99. The summed E-state index contributed by atoms with van der Waals surface area (Å²) in [6.07, 6.45) is 5.92. The first-order valence-electron chi connectivity index (χ1n) is 6.79. The van der Waals surface area contributed by atoms with E-state index in [4.69, 9.17) is 0 Å². The Morgan fingerprint density at radius 3 is 2.95 bits per heavy atom. The zero-order valence-corrected chi connectivity index (χ0v) is 11.1. The molecular weight excluding hydrogens is 254 g/mol. The van der Waals surface area contributed by atoms with Crippen molar-refractivity contribution in [2.45, 2.75) is 12.8 Å². The van der Waals surface area contributed by atoms with Crippen LogP contribution in [0.4, 0.5) is 5.69 Å². The van der Waals surface area contributed by atoms with E-state index in [1.54, 1.807) is 17.1 Å². The van der Waals surface area contributed by atoms with Gasteiger partial charge in [0.1, 0.15) is 0 Å². The molecule has 2 N–H and O–H groups in total. The highest BCUT2D eigenvalue weighted by Crippen LogP contribution is 2.27. The summed E-state index contributed by atoms with van der Waals surface area (Å²) < 4.78 is 1.63. The topological polar surface area (TPSA) is 71.8 Å². The molecule has 3 rings (SSSR count). The average Bonchev–Trinajstić information content (AvgIpc) is 3.11. The monoisotopic (exact) mass is 271 g/mol. The summed E-state index contributed by atoms with van der Waals surface area (Å²) in [7, 11) is 0. The SMILES string of the molecule is O=C(CNCC1CC1)Nc1ccccc1-n1ccnn1. The Hall–Kier alpha value is -2.21. The highest BCUT2D eigenvalue weighted by Gasteiger charge is 2.20. The van der Waals surface area contributed by atoms with Crippen LogP contribution in [0.15, 0.2) is 36.7 Å². The molecule has 6 heteroatoms. The van der Waals surface area contributed by atoms with E-state index in [0.29, 0.717) is 6.54 Å². The maximum Gasteiger partial charge on any atom is 0.238 e. The Morgan fingerprint density at radius 1 is 1.35 bits per heavy atom. The molecular formula is C14H17N5O. The molecule has 6 nitrogen and oxygen atoms in total. The van der Waals surface area contributed by atoms with E-state index in [1.165, 1.54) is 12.8 Å². The van der Waals surface area contributed by atoms with Crippen molar-refractivity contribution in [3.8, 4) is 5.69 Å². The predicted octanol–water partition coefficient (Wildman–Crippen LogP) is 1.21. The number of benzene rings is 1. The van der Waals surface area contributed by atoms with Gasteiger partial charge in [-0.3, -0.25) is 4.79 Å². The van der Waals surface area contributed by atoms with Crippen molar-refractivity contribution in [2.75, 3.05) is 18.4 Å². The maximum absolute atomic E-state index is 11.9. The third-order valence-electron chi connectivity index (χ3n) is 3.26. The number of aromatic nitrogens is 3. The number of hydrogen-bond donors (Lipinski definition) is 2. The molecule has 0 unspecified atom stereocenters. The van der Waals surface area contributed by atoms with Crippen LogP contribution in [0.3, 0.4) is 0 Å². The van der Waals surface area contributed by atoms with Gasteiger partial charge in [0, 0.05) is 0 Å². The molecule has 0 saturated heterocycles. The van der Waals surface area contributed by atoms with Crippen LogP contribution < -0.4 is 10.6 Å². The van der Waals surface area contributed by atoms with Crippen molar-refractivity contribution in [2.24, 2.45) is 5.92 Å². The molecule has 1 aromatic heterocycles. The van der Waals surface area contributed by atoms with E-state index in [0.717, 1.165) is 23.8 Å². The van der Waals surface area contributed by atoms with Crippen LogP contribution in [0, 0.1) is 5.92 Å². The third kappa shape index (κ3) is 3.21. The van der Waals surface area contributed by atoms with E-state index >= 15 is 0 Å². The van der Waals surface area contributed by atoms with E-state index in [-0.39, 0.29) is 5.91 Å². The smallest absolute Gasteiger partial charge is 0.238 e. The van der Waals surface area contributed by atoms with Crippen LogP contribution >= 0.6 is 0 Å². The number of nitrogens with one attached hydrogen (secondary N) is 2. The summed E-state index contributed by atoms with van der Waals surface area (Å²) in [5, 5.41) is 13.8. The van der Waals surface area contributed by atoms with Crippen molar-refractivity contribution in [1.29, 1.82) is 0 Å². The molecule has 0 atom stereocenters. The Bertz CT molecular complexity index is 577. The summed E-state index contributed by atoms with van der Waals surface area (Å²) in [6, 6.07) is 7.53. The standard InChI is InChI=1S/C14H17N5O/c20-14(10-15-9-11-5-6-11)17-12-3-1-2-4-13(12)19-8-7-16-18-19/h1-4,7-8,11,15H,5-6,9-10H2,(H,17,20). The zero-order valence-electron chi connectivity index (χ0n) is 11.1. The quantitative estimate of drug-likeness (QED) is 0.828. The number of para-hydroxylation sites is 2. The summed E-state index contributed by atoms with van der Waals surface area (Å²) in [5.74, 6) is 0.725. The molecule has 2 aromatic rings. The number of carbonyl (C=O) groups is 1. The Morgan fingerprint density at radius 2 is 2.20 bits per heavy atom. The molecule has 0 radical (unpaired) electrons. The first-order chi connectivity index (χ1) is 9.83. The lowest BCUT2D eigenvalue weighted by atomic mass is 10.2. The largest absolute Gasteiger partial charge is 0.323 e. The van der Waals surface area contributed by atoms with Crippen molar-refractivity contribution >= 4 is 11.6 Å². The molecule has 1 aliphatic carbocycles. The first kappa shape index (κ1) is 12.8. The Kier molecular flexibility index (Phi) is 3.73.